The van der Waals surface area contributed by atoms with Crippen molar-refractivity contribution >= 4 is 23.2 Å². The van der Waals surface area contributed by atoms with E-state index in [0.717, 1.165) is 16.8 Å². The molecule has 2 aromatic heterocycles. The molecule has 0 spiro atoms. The van der Waals surface area contributed by atoms with E-state index in [0.29, 0.717) is 33.7 Å². The Morgan fingerprint density at radius 1 is 1.10 bits per heavy atom. The van der Waals surface area contributed by atoms with Crippen molar-refractivity contribution in [2.45, 2.75) is 20.8 Å². The highest BCUT2D eigenvalue weighted by atomic mass is 35.5. The molecule has 8 heteroatoms. The summed E-state index contributed by atoms with van der Waals surface area (Å²) in [5, 5.41) is 12.0. The lowest BCUT2D eigenvalue weighted by Crippen LogP contribution is -2.12. The van der Waals surface area contributed by atoms with Crippen molar-refractivity contribution < 1.29 is 9.32 Å². The third kappa shape index (κ3) is 3.90. The minimum absolute atomic E-state index is 0.237. The van der Waals surface area contributed by atoms with E-state index in [1.165, 1.54) is 0 Å². The smallest absolute Gasteiger partial charge is 0.259 e. The van der Waals surface area contributed by atoms with E-state index in [1.807, 2.05) is 25.1 Å². The van der Waals surface area contributed by atoms with E-state index < -0.39 is 0 Å². The SMILES string of the molecule is Cc1nc(-c2ccc(C)c(-n3cc(C(=O)Nc4ccc(Cl)cc4)c(C)n3)c2)no1. The summed E-state index contributed by atoms with van der Waals surface area (Å²) in [4.78, 5) is 17.0. The van der Waals surface area contributed by atoms with Crippen LogP contribution in [0.2, 0.25) is 5.02 Å². The van der Waals surface area contributed by atoms with E-state index in [-0.39, 0.29) is 5.91 Å². The highest BCUT2D eigenvalue weighted by Gasteiger charge is 2.16. The second-order valence-corrected chi connectivity index (χ2v) is 7.11. The number of benzene rings is 2. The van der Waals surface area contributed by atoms with E-state index in [2.05, 4.69) is 20.6 Å². The molecule has 0 unspecified atom stereocenters. The summed E-state index contributed by atoms with van der Waals surface area (Å²) in [6.07, 6.45) is 1.72. The van der Waals surface area contributed by atoms with Gasteiger partial charge >= 0.3 is 0 Å². The number of rotatable bonds is 4. The lowest BCUT2D eigenvalue weighted by molar-refractivity contribution is 0.102. The van der Waals surface area contributed by atoms with Crippen molar-refractivity contribution in [1.29, 1.82) is 0 Å². The predicted molar refractivity (Wildman–Crippen MR) is 110 cm³/mol. The molecule has 146 valence electrons. The molecule has 4 aromatic rings. The molecule has 0 atom stereocenters. The van der Waals surface area contributed by atoms with Gasteiger partial charge in [0.25, 0.3) is 5.91 Å². The number of amides is 1. The quantitative estimate of drug-likeness (QED) is 0.527. The van der Waals surface area contributed by atoms with Crippen LogP contribution < -0.4 is 5.32 Å². The third-order valence-corrected chi connectivity index (χ3v) is 4.74. The number of nitrogens with zero attached hydrogens (tertiary/aromatic N) is 4. The molecule has 0 fully saturated rings. The molecule has 0 aliphatic rings. The molecular weight excluding hydrogens is 390 g/mol. The maximum Gasteiger partial charge on any atom is 0.259 e. The Kier molecular flexibility index (Phi) is 4.90. The van der Waals surface area contributed by atoms with Crippen molar-refractivity contribution in [3.8, 4) is 17.1 Å². The maximum absolute atomic E-state index is 12.7. The molecule has 0 radical (unpaired) electrons. The van der Waals surface area contributed by atoms with Crippen LogP contribution in [0.25, 0.3) is 17.1 Å². The highest BCUT2D eigenvalue weighted by molar-refractivity contribution is 6.30. The minimum Gasteiger partial charge on any atom is -0.339 e. The van der Waals surface area contributed by atoms with Gasteiger partial charge in [-0.2, -0.15) is 10.1 Å². The number of carbonyl (C=O) groups excluding carboxylic acids is 1. The average molecular weight is 408 g/mol. The number of hydrogen-bond acceptors (Lipinski definition) is 5. The second-order valence-electron chi connectivity index (χ2n) is 6.67. The van der Waals surface area contributed by atoms with Gasteiger partial charge in [0, 0.05) is 29.4 Å². The zero-order valence-electron chi connectivity index (χ0n) is 16.1. The van der Waals surface area contributed by atoms with Gasteiger partial charge in [0.15, 0.2) is 0 Å². The van der Waals surface area contributed by atoms with Crippen LogP contribution in [-0.2, 0) is 0 Å². The Morgan fingerprint density at radius 3 is 2.55 bits per heavy atom. The standard InChI is InChI=1S/C21H18ClN5O2/c1-12-4-5-15(20-23-14(3)29-26-20)10-19(12)27-11-18(13(2)25-27)21(28)24-17-8-6-16(22)7-9-17/h4-11H,1-3H3,(H,24,28). The number of nitrogens with one attached hydrogen (secondary N) is 1. The lowest BCUT2D eigenvalue weighted by atomic mass is 10.1. The second kappa shape index (κ2) is 7.52. The van der Waals surface area contributed by atoms with Crippen molar-refractivity contribution in [2.75, 3.05) is 5.32 Å². The van der Waals surface area contributed by atoms with Crippen LogP contribution in [0.3, 0.4) is 0 Å². The largest absolute Gasteiger partial charge is 0.339 e. The van der Waals surface area contributed by atoms with Gasteiger partial charge in [0.05, 0.1) is 16.9 Å². The lowest BCUT2D eigenvalue weighted by Gasteiger charge is -2.07. The van der Waals surface area contributed by atoms with E-state index in [4.69, 9.17) is 16.1 Å². The summed E-state index contributed by atoms with van der Waals surface area (Å²) in [6, 6.07) is 12.8. The van der Waals surface area contributed by atoms with E-state index >= 15 is 0 Å². The van der Waals surface area contributed by atoms with Crippen LogP contribution in [-0.4, -0.2) is 25.8 Å². The third-order valence-electron chi connectivity index (χ3n) is 4.49. The molecule has 7 nitrogen and oxygen atoms in total. The molecule has 2 heterocycles. The molecule has 1 amide bonds. The molecule has 2 aromatic carbocycles. The first-order valence-electron chi connectivity index (χ1n) is 8.95. The topological polar surface area (TPSA) is 85.8 Å². The normalized spacial score (nSPS) is 10.9. The number of halogens is 1. The van der Waals surface area contributed by atoms with Gasteiger partial charge in [-0.3, -0.25) is 4.79 Å². The van der Waals surface area contributed by atoms with Gasteiger partial charge in [0.1, 0.15) is 0 Å². The summed E-state index contributed by atoms with van der Waals surface area (Å²) in [7, 11) is 0. The van der Waals surface area contributed by atoms with Gasteiger partial charge in [-0.1, -0.05) is 28.9 Å². The number of hydrogen-bond donors (Lipinski definition) is 1. The zero-order valence-corrected chi connectivity index (χ0v) is 16.9. The summed E-state index contributed by atoms with van der Waals surface area (Å²) in [5.74, 6) is 0.769. The van der Waals surface area contributed by atoms with Gasteiger partial charge in [-0.15, -0.1) is 0 Å². The first kappa shape index (κ1) is 18.9. The molecule has 0 aliphatic heterocycles. The summed E-state index contributed by atoms with van der Waals surface area (Å²) < 4.78 is 6.76. The van der Waals surface area contributed by atoms with Crippen LogP contribution in [0.1, 0.15) is 27.5 Å². The first-order valence-corrected chi connectivity index (χ1v) is 9.33. The summed E-state index contributed by atoms with van der Waals surface area (Å²) in [6.45, 7) is 5.52. The zero-order chi connectivity index (χ0) is 20.5. The Hall–Kier alpha value is -3.45. The van der Waals surface area contributed by atoms with Gasteiger partial charge in [0.2, 0.25) is 11.7 Å². The summed E-state index contributed by atoms with van der Waals surface area (Å²) in [5.41, 5.74) is 4.41. The molecule has 0 bridgehead atoms. The molecule has 1 N–H and O–H groups in total. The van der Waals surface area contributed by atoms with Crippen molar-refractivity contribution in [3.63, 3.8) is 0 Å². The molecule has 4 rings (SSSR count). The molecule has 29 heavy (non-hydrogen) atoms. The van der Waals surface area contributed by atoms with Crippen LogP contribution >= 0.6 is 11.6 Å². The fraction of sp³-hybridized carbons (Fsp3) is 0.143. The van der Waals surface area contributed by atoms with E-state index in [1.54, 1.807) is 49.0 Å². The first-order chi connectivity index (χ1) is 13.9. The summed E-state index contributed by atoms with van der Waals surface area (Å²) >= 11 is 5.89. The molecule has 0 aliphatic carbocycles. The number of anilines is 1. The maximum atomic E-state index is 12.7. The minimum atomic E-state index is -0.237. The Labute approximate surface area is 172 Å². The number of aryl methyl sites for hydroxylation is 3. The number of aromatic nitrogens is 4. The van der Waals surface area contributed by atoms with Crippen LogP contribution in [0.4, 0.5) is 5.69 Å². The monoisotopic (exact) mass is 407 g/mol. The molecular formula is C21H18ClN5O2. The molecule has 0 saturated carbocycles. The van der Waals surface area contributed by atoms with Crippen LogP contribution in [0.15, 0.2) is 53.2 Å². The van der Waals surface area contributed by atoms with Crippen molar-refractivity contribution in [2.24, 2.45) is 0 Å². The Balaban J connectivity index is 1.65. The van der Waals surface area contributed by atoms with Gasteiger partial charge in [-0.05, 0) is 49.7 Å². The average Bonchev–Trinajstić information content (AvgIpc) is 3.30. The highest BCUT2D eigenvalue weighted by Crippen LogP contribution is 2.24. The predicted octanol–water partition coefficient (Wildman–Crippen LogP) is 4.75. The van der Waals surface area contributed by atoms with E-state index in [9.17, 15) is 4.79 Å². The van der Waals surface area contributed by atoms with Crippen LogP contribution in [0.5, 0.6) is 0 Å². The van der Waals surface area contributed by atoms with Crippen molar-refractivity contribution in [1.82, 2.24) is 19.9 Å². The number of carbonyl (C=O) groups is 1. The fourth-order valence-electron chi connectivity index (χ4n) is 2.95. The van der Waals surface area contributed by atoms with Gasteiger partial charge in [-0.25, -0.2) is 4.68 Å². The Bertz CT molecular complexity index is 1190. The van der Waals surface area contributed by atoms with Crippen LogP contribution in [0, 0.1) is 20.8 Å². The fourth-order valence-corrected chi connectivity index (χ4v) is 3.08. The molecule has 0 saturated heterocycles. The Morgan fingerprint density at radius 2 is 1.86 bits per heavy atom. The van der Waals surface area contributed by atoms with Gasteiger partial charge < -0.3 is 9.84 Å². The van der Waals surface area contributed by atoms with Crippen molar-refractivity contribution in [3.05, 3.63) is 76.4 Å².